The number of carbonyl (C=O) groups is 2. The molecule has 14 heavy (non-hydrogen) atoms. The molecule has 0 unspecified atom stereocenters. The maximum atomic E-state index is 10.3. The van der Waals surface area contributed by atoms with E-state index in [9.17, 15) is 9.59 Å². The summed E-state index contributed by atoms with van der Waals surface area (Å²) in [6, 6.07) is 0. The Kier molecular flexibility index (Phi) is 31.3. The van der Waals surface area contributed by atoms with Gasteiger partial charge in [-0.1, -0.05) is 21.3 Å². The van der Waals surface area contributed by atoms with Crippen LogP contribution in [-0.2, 0) is 36.9 Å². The van der Waals surface area contributed by atoms with Gasteiger partial charge < -0.3 is 10.6 Å². The van der Waals surface area contributed by atoms with E-state index in [1.54, 1.807) is 0 Å². The van der Waals surface area contributed by atoms with Crippen molar-refractivity contribution < 1.29 is 36.9 Å². The van der Waals surface area contributed by atoms with Gasteiger partial charge in [-0.05, 0) is 0 Å². The SMILES string of the molecule is C.CC.CC(=O)NCCNC(C)=O.[Cd]. The van der Waals surface area contributed by atoms with E-state index in [-0.39, 0.29) is 46.5 Å². The molecule has 0 aliphatic carbocycles. The van der Waals surface area contributed by atoms with Gasteiger partial charge in [-0.2, -0.15) is 0 Å². The molecular formula is C9H22CdN2O2. The first-order valence-corrected chi connectivity index (χ1v) is 4.12. The third kappa shape index (κ3) is 29.7. The number of hydrogen-bond donors (Lipinski definition) is 2. The van der Waals surface area contributed by atoms with Crippen LogP contribution in [0.25, 0.3) is 0 Å². The van der Waals surface area contributed by atoms with Gasteiger partial charge in [-0.3, -0.25) is 9.59 Å². The third-order valence-electron chi connectivity index (χ3n) is 0.873. The topological polar surface area (TPSA) is 58.2 Å². The Labute approximate surface area is 107 Å². The van der Waals surface area contributed by atoms with Gasteiger partial charge >= 0.3 is 0 Å². The molecule has 0 rings (SSSR count). The van der Waals surface area contributed by atoms with E-state index in [1.807, 2.05) is 13.8 Å². The molecule has 2 N–H and O–H groups in total. The number of nitrogens with one attached hydrogen (secondary N) is 2. The molecule has 5 heteroatoms. The quantitative estimate of drug-likeness (QED) is 0.602. The molecular weight excluding hydrogens is 281 g/mol. The van der Waals surface area contributed by atoms with E-state index in [0.717, 1.165) is 0 Å². The first-order chi connectivity index (χ1) is 5.63. The molecule has 0 spiro atoms. The molecule has 0 saturated heterocycles. The first-order valence-electron chi connectivity index (χ1n) is 4.12. The fourth-order valence-corrected chi connectivity index (χ4v) is 0.477. The number of amides is 2. The number of hydrogen-bond acceptors (Lipinski definition) is 2. The van der Waals surface area contributed by atoms with Gasteiger partial charge in [-0.25, -0.2) is 0 Å². The fourth-order valence-electron chi connectivity index (χ4n) is 0.477. The maximum Gasteiger partial charge on any atom is 0.216 e. The zero-order chi connectivity index (χ0) is 9.98. The van der Waals surface area contributed by atoms with E-state index < -0.39 is 0 Å². The van der Waals surface area contributed by atoms with Gasteiger partial charge in [-0.15, -0.1) is 0 Å². The van der Waals surface area contributed by atoms with Crippen molar-refractivity contribution in [1.29, 1.82) is 0 Å². The van der Waals surface area contributed by atoms with Gasteiger partial charge in [0.05, 0.1) is 0 Å². The minimum atomic E-state index is -0.0784. The second-order valence-electron chi connectivity index (χ2n) is 1.97. The summed E-state index contributed by atoms with van der Waals surface area (Å²) in [5.74, 6) is -0.157. The minimum Gasteiger partial charge on any atom is -0.355 e. The second-order valence-corrected chi connectivity index (χ2v) is 1.97. The molecule has 0 atom stereocenters. The van der Waals surface area contributed by atoms with Crippen molar-refractivity contribution in [2.75, 3.05) is 13.1 Å². The van der Waals surface area contributed by atoms with Crippen LogP contribution in [0.3, 0.4) is 0 Å². The average Bonchev–Trinajstić information content (AvgIpc) is 2.02. The van der Waals surface area contributed by atoms with Crippen LogP contribution in [0.1, 0.15) is 35.1 Å². The van der Waals surface area contributed by atoms with Gasteiger partial charge in [0.2, 0.25) is 11.8 Å². The molecule has 0 aromatic heterocycles. The molecule has 0 aromatic carbocycles. The molecule has 2 amide bonds. The summed E-state index contributed by atoms with van der Waals surface area (Å²) in [6.07, 6.45) is 0. The van der Waals surface area contributed by atoms with E-state index in [1.165, 1.54) is 13.8 Å². The molecule has 0 saturated carbocycles. The average molecular weight is 303 g/mol. The monoisotopic (exact) mass is 304 g/mol. The summed E-state index contributed by atoms with van der Waals surface area (Å²) in [4.78, 5) is 20.5. The van der Waals surface area contributed by atoms with Crippen LogP contribution >= 0.6 is 0 Å². The Hall–Kier alpha value is -0.138. The van der Waals surface area contributed by atoms with Crippen LogP contribution in [0.5, 0.6) is 0 Å². The predicted molar refractivity (Wildman–Crippen MR) is 55.4 cm³/mol. The molecule has 0 aliphatic heterocycles. The van der Waals surface area contributed by atoms with E-state index in [0.29, 0.717) is 13.1 Å². The van der Waals surface area contributed by atoms with Crippen LogP contribution < -0.4 is 10.6 Å². The molecule has 0 radical (unpaired) electrons. The second kappa shape index (κ2) is 18.6. The van der Waals surface area contributed by atoms with Crippen molar-refractivity contribution in [3.63, 3.8) is 0 Å². The van der Waals surface area contributed by atoms with Gasteiger partial charge in [0.1, 0.15) is 0 Å². The Balaban J connectivity index is -0.000000117. The van der Waals surface area contributed by atoms with Crippen LogP contribution in [0, 0.1) is 0 Å². The fraction of sp³-hybridized carbons (Fsp3) is 0.778. The standard InChI is InChI=1S/C6H12N2O2.C2H6.CH4.Cd/c1-5(9)7-3-4-8-6(2)10;1-2;;/h3-4H2,1-2H3,(H,7,9)(H,8,10);1-2H3;1H4;. The van der Waals surface area contributed by atoms with Crippen LogP contribution in [0.2, 0.25) is 0 Å². The molecule has 0 aliphatic rings. The zero-order valence-electron chi connectivity index (χ0n) is 8.94. The van der Waals surface area contributed by atoms with Crippen molar-refractivity contribution >= 4 is 11.8 Å². The molecule has 82 valence electrons. The van der Waals surface area contributed by atoms with Gasteiger partial charge in [0, 0.05) is 54.2 Å². The molecule has 0 fully saturated rings. The van der Waals surface area contributed by atoms with Crippen molar-refractivity contribution in [2.24, 2.45) is 0 Å². The van der Waals surface area contributed by atoms with Crippen molar-refractivity contribution in [3.05, 3.63) is 0 Å². The summed E-state index contributed by atoms with van der Waals surface area (Å²) >= 11 is 0. The molecule has 0 aromatic rings. The summed E-state index contributed by atoms with van der Waals surface area (Å²) in [7, 11) is 0. The molecule has 0 heterocycles. The summed E-state index contributed by atoms with van der Waals surface area (Å²) in [6.45, 7) is 7.87. The van der Waals surface area contributed by atoms with Crippen molar-refractivity contribution in [1.82, 2.24) is 10.6 Å². The smallest absolute Gasteiger partial charge is 0.216 e. The van der Waals surface area contributed by atoms with E-state index in [2.05, 4.69) is 10.6 Å². The predicted octanol–water partition coefficient (Wildman–Crippen LogP) is 0.918. The Morgan fingerprint density at radius 2 is 1.14 bits per heavy atom. The number of rotatable bonds is 3. The van der Waals surface area contributed by atoms with Crippen LogP contribution in [-0.4, -0.2) is 24.9 Å². The summed E-state index contributed by atoms with van der Waals surface area (Å²) in [5.41, 5.74) is 0. The Bertz CT molecular complexity index is 125. The number of carbonyl (C=O) groups excluding carboxylic acids is 2. The first kappa shape index (κ1) is 23.6. The summed E-state index contributed by atoms with van der Waals surface area (Å²) in [5, 5.41) is 5.09. The Morgan fingerprint density at radius 3 is 1.29 bits per heavy atom. The summed E-state index contributed by atoms with van der Waals surface area (Å²) < 4.78 is 0. The van der Waals surface area contributed by atoms with E-state index >= 15 is 0 Å². The zero-order valence-corrected chi connectivity index (χ0v) is 13.0. The minimum absolute atomic E-state index is 0. The van der Waals surface area contributed by atoms with Gasteiger partial charge in [0.15, 0.2) is 0 Å². The Morgan fingerprint density at radius 1 is 0.929 bits per heavy atom. The van der Waals surface area contributed by atoms with Gasteiger partial charge in [0.25, 0.3) is 0 Å². The van der Waals surface area contributed by atoms with Crippen molar-refractivity contribution in [3.8, 4) is 0 Å². The van der Waals surface area contributed by atoms with Crippen LogP contribution in [0.15, 0.2) is 0 Å². The van der Waals surface area contributed by atoms with E-state index in [4.69, 9.17) is 0 Å². The molecule has 4 nitrogen and oxygen atoms in total. The third-order valence-corrected chi connectivity index (χ3v) is 0.873. The van der Waals surface area contributed by atoms with Crippen molar-refractivity contribution in [2.45, 2.75) is 35.1 Å². The maximum absolute atomic E-state index is 10.3. The normalized spacial score (nSPS) is 6.57. The molecule has 0 bridgehead atoms. The van der Waals surface area contributed by atoms with Crippen LogP contribution in [0.4, 0.5) is 0 Å². The largest absolute Gasteiger partial charge is 0.355 e.